The molecule has 0 bridgehead atoms. The number of hydrogen-bond acceptors (Lipinski definition) is 4. The quantitative estimate of drug-likeness (QED) is 0.884. The van der Waals surface area contributed by atoms with Gasteiger partial charge in [0.25, 0.3) is 0 Å². The summed E-state index contributed by atoms with van der Waals surface area (Å²) in [6.45, 7) is 2.79. The highest BCUT2D eigenvalue weighted by Crippen LogP contribution is 2.34. The van der Waals surface area contributed by atoms with E-state index in [1.54, 1.807) is 12.3 Å². The third-order valence-corrected chi connectivity index (χ3v) is 3.42. The first-order valence-corrected chi connectivity index (χ1v) is 7.08. The smallest absolute Gasteiger partial charge is 0.168 e. The van der Waals surface area contributed by atoms with E-state index in [9.17, 15) is 8.78 Å². The van der Waals surface area contributed by atoms with E-state index in [4.69, 9.17) is 4.42 Å². The van der Waals surface area contributed by atoms with E-state index in [1.807, 2.05) is 17.9 Å². The van der Waals surface area contributed by atoms with Gasteiger partial charge < -0.3 is 14.6 Å². The highest BCUT2D eigenvalue weighted by atomic mass is 19.1. The first-order chi connectivity index (χ1) is 10.2. The molecule has 4 nitrogen and oxygen atoms in total. The van der Waals surface area contributed by atoms with E-state index in [-0.39, 0.29) is 17.7 Å². The molecule has 1 aliphatic rings. The highest BCUT2D eigenvalue weighted by Gasteiger charge is 2.33. The molecule has 0 saturated heterocycles. The monoisotopic (exact) mass is 293 g/mol. The molecule has 2 aromatic rings. The van der Waals surface area contributed by atoms with Crippen molar-refractivity contribution in [1.29, 1.82) is 0 Å². The van der Waals surface area contributed by atoms with Crippen LogP contribution < -0.4 is 10.2 Å². The number of halogens is 2. The van der Waals surface area contributed by atoms with Crippen LogP contribution in [-0.2, 0) is 6.54 Å². The predicted octanol–water partition coefficient (Wildman–Crippen LogP) is 3.55. The summed E-state index contributed by atoms with van der Waals surface area (Å²) in [7, 11) is 0. The zero-order valence-electron chi connectivity index (χ0n) is 11.8. The molecule has 112 valence electrons. The predicted molar refractivity (Wildman–Crippen MR) is 76.2 cm³/mol. The molecule has 0 aliphatic heterocycles. The van der Waals surface area contributed by atoms with Crippen LogP contribution in [-0.4, -0.2) is 17.6 Å². The van der Waals surface area contributed by atoms with Crippen LogP contribution in [0.4, 0.5) is 20.4 Å². The molecular formula is C15H17F2N3O. The summed E-state index contributed by atoms with van der Waals surface area (Å²) in [5, 5.41) is 2.81. The van der Waals surface area contributed by atoms with E-state index in [0.29, 0.717) is 13.1 Å². The first-order valence-electron chi connectivity index (χ1n) is 7.08. The molecule has 6 heteroatoms. The number of aromatic nitrogens is 1. The fourth-order valence-electron chi connectivity index (χ4n) is 2.28. The summed E-state index contributed by atoms with van der Waals surface area (Å²) in [6.07, 6.45) is 3.55. The maximum atomic E-state index is 14.1. The molecule has 1 aliphatic carbocycles. The Balaban J connectivity index is 1.93. The maximum absolute atomic E-state index is 14.1. The standard InChI is InChI=1S/C15H17F2N3O/c1-2-18-14-12(16)8-13(17)15(19-14)20(10-5-6-10)9-11-4-3-7-21-11/h3-4,7-8,10H,2,5-6,9H2,1H3,(H,18,19). The van der Waals surface area contributed by atoms with Gasteiger partial charge in [-0.1, -0.05) is 0 Å². The third-order valence-electron chi connectivity index (χ3n) is 3.42. The van der Waals surface area contributed by atoms with Crippen molar-refractivity contribution >= 4 is 11.6 Å². The Labute approximate surface area is 121 Å². The Bertz CT molecular complexity index is 612. The minimum Gasteiger partial charge on any atom is -0.467 e. The van der Waals surface area contributed by atoms with Crippen molar-refractivity contribution in [2.45, 2.75) is 32.4 Å². The summed E-state index contributed by atoms with van der Waals surface area (Å²) in [5.74, 6) is -0.331. The molecule has 2 heterocycles. The lowest BCUT2D eigenvalue weighted by Crippen LogP contribution is -2.27. The highest BCUT2D eigenvalue weighted by molar-refractivity contribution is 5.51. The summed E-state index contributed by atoms with van der Waals surface area (Å²) < 4.78 is 33.1. The van der Waals surface area contributed by atoms with Crippen LogP contribution in [0.3, 0.4) is 0 Å². The third kappa shape index (κ3) is 2.99. The molecule has 21 heavy (non-hydrogen) atoms. The van der Waals surface area contributed by atoms with Gasteiger partial charge in [-0.05, 0) is 31.9 Å². The van der Waals surface area contributed by atoms with E-state index >= 15 is 0 Å². The number of pyridine rings is 1. The van der Waals surface area contributed by atoms with Gasteiger partial charge in [-0.25, -0.2) is 13.8 Å². The number of rotatable bonds is 6. The van der Waals surface area contributed by atoms with Crippen molar-refractivity contribution < 1.29 is 13.2 Å². The van der Waals surface area contributed by atoms with Crippen molar-refractivity contribution in [3.05, 3.63) is 41.9 Å². The van der Waals surface area contributed by atoms with Crippen LogP contribution in [0.5, 0.6) is 0 Å². The fourth-order valence-corrected chi connectivity index (χ4v) is 2.28. The summed E-state index contributed by atoms with van der Waals surface area (Å²) in [6, 6.07) is 4.75. The summed E-state index contributed by atoms with van der Waals surface area (Å²) in [5.41, 5.74) is 0. The number of nitrogens with one attached hydrogen (secondary N) is 1. The van der Waals surface area contributed by atoms with Crippen LogP contribution in [0.2, 0.25) is 0 Å². The molecule has 0 atom stereocenters. The van der Waals surface area contributed by atoms with Gasteiger partial charge in [0.1, 0.15) is 5.76 Å². The van der Waals surface area contributed by atoms with E-state index in [0.717, 1.165) is 24.7 Å². The van der Waals surface area contributed by atoms with E-state index < -0.39 is 11.6 Å². The maximum Gasteiger partial charge on any atom is 0.168 e. The van der Waals surface area contributed by atoms with Crippen LogP contribution in [0.15, 0.2) is 28.9 Å². The largest absolute Gasteiger partial charge is 0.467 e. The Kier molecular flexibility index (Phi) is 3.77. The summed E-state index contributed by atoms with van der Waals surface area (Å²) in [4.78, 5) is 5.97. The van der Waals surface area contributed by atoms with Gasteiger partial charge in [-0.3, -0.25) is 0 Å². The van der Waals surface area contributed by atoms with Gasteiger partial charge in [-0.15, -0.1) is 0 Å². The lowest BCUT2D eigenvalue weighted by Gasteiger charge is -2.23. The number of nitrogens with zero attached hydrogens (tertiary/aromatic N) is 2. The zero-order valence-corrected chi connectivity index (χ0v) is 11.8. The number of anilines is 2. The fraction of sp³-hybridized carbons (Fsp3) is 0.400. The normalized spacial score (nSPS) is 14.2. The molecular weight excluding hydrogens is 276 g/mol. The van der Waals surface area contributed by atoms with Crippen molar-refractivity contribution in [3.63, 3.8) is 0 Å². The Hall–Kier alpha value is -2.11. The Morgan fingerprint density at radius 1 is 1.38 bits per heavy atom. The average molecular weight is 293 g/mol. The van der Waals surface area contributed by atoms with Gasteiger partial charge >= 0.3 is 0 Å². The minimum atomic E-state index is -0.674. The molecule has 1 saturated carbocycles. The van der Waals surface area contributed by atoms with Crippen LogP contribution in [0.25, 0.3) is 0 Å². The topological polar surface area (TPSA) is 41.3 Å². The van der Waals surface area contributed by atoms with E-state index in [1.165, 1.54) is 0 Å². The second-order valence-corrected chi connectivity index (χ2v) is 5.09. The molecule has 3 rings (SSSR count). The molecule has 0 radical (unpaired) electrons. The average Bonchev–Trinajstić information content (AvgIpc) is 3.17. The van der Waals surface area contributed by atoms with Crippen LogP contribution in [0.1, 0.15) is 25.5 Å². The summed E-state index contributed by atoms with van der Waals surface area (Å²) >= 11 is 0. The van der Waals surface area contributed by atoms with Gasteiger partial charge in [0.15, 0.2) is 23.3 Å². The molecule has 0 unspecified atom stereocenters. The van der Waals surface area contributed by atoms with Crippen molar-refractivity contribution in [2.75, 3.05) is 16.8 Å². The lowest BCUT2D eigenvalue weighted by atomic mass is 10.3. The SMILES string of the molecule is CCNc1nc(N(Cc2ccco2)C2CC2)c(F)cc1F. The number of furan rings is 1. The molecule has 2 aromatic heterocycles. The van der Waals surface area contributed by atoms with Gasteiger partial charge in [0.2, 0.25) is 0 Å². The van der Waals surface area contributed by atoms with Gasteiger partial charge in [-0.2, -0.15) is 0 Å². The van der Waals surface area contributed by atoms with Crippen molar-refractivity contribution in [1.82, 2.24) is 4.98 Å². The van der Waals surface area contributed by atoms with Crippen molar-refractivity contribution in [3.8, 4) is 0 Å². The molecule has 0 amide bonds. The zero-order chi connectivity index (χ0) is 14.8. The first kappa shape index (κ1) is 13.9. The molecule has 0 aromatic carbocycles. The van der Waals surface area contributed by atoms with Crippen LogP contribution in [0, 0.1) is 11.6 Å². The molecule has 1 fully saturated rings. The lowest BCUT2D eigenvalue weighted by molar-refractivity contribution is 0.495. The van der Waals surface area contributed by atoms with Gasteiger partial charge in [0.05, 0.1) is 12.8 Å². The Morgan fingerprint density at radius 2 is 2.19 bits per heavy atom. The molecule has 1 N–H and O–H groups in total. The minimum absolute atomic E-state index is 0.0824. The van der Waals surface area contributed by atoms with Crippen molar-refractivity contribution in [2.24, 2.45) is 0 Å². The van der Waals surface area contributed by atoms with E-state index in [2.05, 4.69) is 10.3 Å². The molecule has 0 spiro atoms. The number of hydrogen-bond donors (Lipinski definition) is 1. The second-order valence-electron chi connectivity index (χ2n) is 5.09. The Morgan fingerprint density at radius 3 is 2.81 bits per heavy atom. The second kappa shape index (κ2) is 5.71. The van der Waals surface area contributed by atoms with Gasteiger partial charge in [0, 0.05) is 18.7 Å². The van der Waals surface area contributed by atoms with Crippen LogP contribution >= 0.6 is 0 Å².